The summed E-state index contributed by atoms with van der Waals surface area (Å²) >= 11 is 5.83. The van der Waals surface area contributed by atoms with Crippen molar-refractivity contribution < 1.29 is 4.79 Å². The first-order valence-electron chi connectivity index (χ1n) is 5.37. The molecule has 0 aliphatic heterocycles. The van der Waals surface area contributed by atoms with Crippen LogP contribution in [0.25, 0.3) is 11.0 Å². The van der Waals surface area contributed by atoms with Gasteiger partial charge in [0.05, 0.1) is 5.02 Å². The summed E-state index contributed by atoms with van der Waals surface area (Å²) in [6.45, 7) is 5.31. The van der Waals surface area contributed by atoms with E-state index in [2.05, 4.69) is 20.3 Å². The lowest BCUT2D eigenvalue weighted by atomic mass is 9.96. The van der Waals surface area contributed by atoms with Crippen molar-refractivity contribution in [3.8, 4) is 0 Å². The molecule has 0 spiro atoms. The Morgan fingerprint density at radius 2 is 2.11 bits per heavy atom. The number of nitrogens with one attached hydrogen (secondary N) is 3. The molecule has 0 unspecified atom stereocenters. The zero-order valence-corrected chi connectivity index (χ0v) is 11.0. The zero-order valence-electron chi connectivity index (χ0n) is 10.2. The van der Waals surface area contributed by atoms with E-state index in [0.717, 1.165) is 0 Å². The van der Waals surface area contributed by atoms with Crippen LogP contribution < -0.4 is 10.9 Å². The summed E-state index contributed by atoms with van der Waals surface area (Å²) in [4.78, 5) is 32.9. The number of halogens is 1. The second-order valence-corrected chi connectivity index (χ2v) is 5.39. The van der Waals surface area contributed by atoms with Crippen LogP contribution in [-0.4, -0.2) is 20.9 Å². The van der Waals surface area contributed by atoms with Gasteiger partial charge in [-0.15, -0.1) is 0 Å². The maximum absolute atomic E-state index is 11.8. The summed E-state index contributed by atoms with van der Waals surface area (Å²) in [6, 6.07) is 0. The summed E-state index contributed by atoms with van der Waals surface area (Å²) in [7, 11) is 0. The van der Waals surface area contributed by atoms with E-state index >= 15 is 0 Å². The molecule has 0 radical (unpaired) electrons. The van der Waals surface area contributed by atoms with Gasteiger partial charge in [-0.25, -0.2) is 0 Å². The lowest BCUT2D eigenvalue weighted by Gasteiger charge is -2.16. The Balaban J connectivity index is 2.42. The molecule has 2 aromatic heterocycles. The Labute approximate surface area is 108 Å². The highest BCUT2D eigenvalue weighted by molar-refractivity contribution is 6.35. The lowest BCUT2D eigenvalue weighted by Crippen LogP contribution is -2.29. The molecule has 0 bridgehead atoms. The van der Waals surface area contributed by atoms with Gasteiger partial charge in [0.2, 0.25) is 11.9 Å². The van der Waals surface area contributed by atoms with Crippen molar-refractivity contribution in [2.24, 2.45) is 5.41 Å². The molecule has 0 fully saturated rings. The Morgan fingerprint density at radius 3 is 2.72 bits per heavy atom. The molecule has 3 N–H and O–H groups in total. The fourth-order valence-corrected chi connectivity index (χ4v) is 1.59. The molecule has 2 rings (SSSR count). The van der Waals surface area contributed by atoms with E-state index in [1.54, 1.807) is 20.8 Å². The second kappa shape index (κ2) is 4.13. The summed E-state index contributed by atoms with van der Waals surface area (Å²) in [5, 5.41) is 3.14. The van der Waals surface area contributed by atoms with Crippen LogP contribution in [0.5, 0.6) is 0 Å². The van der Waals surface area contributed by atoms with Gasteiger partial charge in [0.15, 0.2) is 0 Å². The largest absolute Gasteiger partial charge is 0.344 e. The predicted octanol–water partition coefficient (Wildman–Crippen LogP) is 1.89. The number of nitrogens with zero attached hydrogens (tertiary/aromatic N) is 1. The van der Waals surface area contributed by atoms with E-state index in [0.29, 0.717) is 10.7 Å². The van der Waals surface area contributed by atoms with Gasteiger partial charge >= 0.3 is 0 Å². The van der Waals surface area contributed by atoms with E-state index in [4.69, 9.17) is 11.6 Å². The SMILES string of the molecule is CC(C)(C)C(=O)Nc1nc2[nH]cc(Cl)c2c(=O)[nH]1. The Kier molecular flexibility index (Phi) is 2.90. The van der Waals surface area contributed by atoms with Crippen molar-refractivity contribution in [1.82, 2.24) is 15.0 Å². The van der Waals surface area contributed by atoms with Crippen LogP contribution in [0.4, 0.5) is 5.95 Å². The summed E-state index contributed by atoms with van der Waals surface area (Å²) in [5.74, 6) is -0.131. The van der Waals surface area contributed by atoms with Gasteiger partial charge in [0.1, 0.15) is 11.0 Å². The van der Waals surface area contributed by atoms with Gasteiger partial charge in [-0.3, -0.25) is 19.9 Å². The van der Waals surface area contributed by atoms with Crippen LogP contribution in [0, 0.1) is 5.41 Å². The van der Waals surface area contributed by atoms with Gasteiger partial charge in [0.25, 0.3) is 5.56 Å². The molecule has 7 heteroatoms. The number of rotatable bonds is 1. The van der Waals surface area contributed by atoms with Crippen molar-refractivity contribution in [2.75, 3.05) is 5.32 Å². The van der Waals surface area contributed by atoms with Crippen molar-refractivity contribution in [2.45, 2.75) is 20.8 Å². The fourth-order valence-electron chi connectivity index (χ4n) is 1.36. The number of anilines is 1. The molecular formula is C11H13ClN4O2. The molecule has 0 saturated carbocycles. The highest BCUT2D eigenvalue weighted by atomic mass is 35.5. The average Bonchev–Trinajstić information content (AvgIpc) is 2.59. The predicted molar refractivity (Wildman–Crippen MR) is 69.8 cm³/mol. The minimum Gasteiger partial charge on any atom is -0.344 e. The number of H-pyrrole nitrogens is 2. The molecule has 2 aromatic rings. The Bertz CT molecular complexity index is 666. The van der Waals surface area contributed by atoms with E-state index in [1.807, 2.05) is 0 Å². The smallest absolute Gasteiger partial charge is 0.263 e. The van der Waals surface area contributed by atoms with Gasteiger partial charge in [0, 0.05) is 11.6 Å². The molecule has 96 valence electrons. The molecule has 6 nitrogen and oxygen atoms in total. The van der Waals surface area contributed by atoms with Crippen molar-refractivity contribution in [3.63, 3.8) is 0 Å². The van der Waals surface area contributed by atoms with Crippen molar-refractivity contribution in [3.05, 3.63) is 21.6 Å². The molecule has 0 saturated heterocycles. The number of carbonyl (C=O) groups is 1. The van der Waals surface area contributed by atoms with Crippen LogP contribution in [0.2, 0.25) is 5.02 Å². The van der Waals surface area contributed by atoms with Gasteiger partial charge in [-0.05, 0) is 0 Å². The third kappa shape index (κ3) is 2.24. The van der Waals surface area contributed by atoms with Crippen LogP contribution in [0.15, 0.2) is 11.0 Å². The van der Waals surface area contributed by atoms with Crippen LogP contribution in [-0.2, 0) is 4.79 Å². The van der Waals surface area contributed by atoms with Crippen LogP contribution >= 0.6 is 11.6 Å². The molecule has 0 aliphatic carbocycles. The molecular weight excluding hydrogens is 256 g/mol. The third-order valence-corrected chi connectivity index (χ3v) is 2.71. The number of carbonyl (C=O) groups excluding carboxylic acids is 1. The lowest BCUT2D eigenvalue weighted by molar-refractivity contribution is -0.123. The van der Waals surface area contributed by atoms with Gasteiger partial charge in [-0.2, -0.15) is 4.98 Å². The Hall–Kier alpha value is -1.82. The number of fused-ring (bicyclic) bond motifs is 1. The van der Waals surface area contributed by atoms with E-state index < -0.39 is 11.0 Å². The fraction of sp³-hybridized carbons (Fsp3) is 0.364. The molecule has 0 atom stereocenters. The number of amides is 1. The number of aromatic nitrogens is 3. The molecule has 18 heavy (non-hydrogen) atoms. The van der Waals surface area contributed by atoms with Gasteiger partial charge in [-0.1, -0.05) is 32.4 Å². The first-order valence-corrected chi connectivity index (χ1v) is 5.75. The topological polar surface area (TPSA) is 90.6 Å². The number of hydrogen-bond acceptors (Lipinski definition) is 3. The molecule has 1 amide bonds. The maximum atomic E-state index is 11.8. The third-order valence-electron chi connectivity index (χ3n) is 2.41. The summed E-state index contributed by atoms with van der Waals surface area (Å²) in [6.07, 6.45) is 1.48. The summed E-state index contributed by atoms with van der Waals surface area (Å²) in [5.41, 5.74) is -0.621. The normalized spacial score (nSPS) is 11.8. The zero-order chi connectivity index (χ0) is 13.5. The highest BCUT2D eigenvalue weighted by Crippen LogP contribution is 2.19. The number of hydrogen-bond donors (Lipinski definition) is 3. The minimum absolute atomic E-state index is 0.103. The quantitative estimate of drug-likeness (QED) is 0.738. The van der Waals surface area contributed by atoms with Crippen molar-refractivity contribution >= 4 is 34.5 Å². The first-order chi connectivity index (χ1) is 8.29. The van der Waals surface area contributed by atoms with Crippen LogP contribution in [0.3, 0.4) is 0 Å². The number of aromatic amines is 2. The van der Waals surface area contributed by atoms with Crippen molar-refractivity contribution in [1.29, 1.82) is 0 Å². The second-order valence-electron chi connectivity index (χ2n) is 4.98. The van der Waals surface area contributed by atoms with Crippen LogP contribution in [0.1, 0.15) is 20.8 Å². The molecule has 2 heterocycles. The van der Waals surface area contributed by atoms with E-state index in [1.165, 1.54) is 6.20 Å². The standard InChI is InChI=1S/C11H13ClN4O2/c1-11(2,3)9(18)16-10-14-7-6(8(17)15-10)5(12)4-13-7/h4H,1-3H3,(H3,13,14,15,16,17,18). The minimum atomic E-state index is -0.569. The average molecular weight is 269 g/mol. The molecule has 0 aliphatic rings. The Morgan fingerprint density at radius 1 is 1.44 bits per heavy atom. The molecule has 0 aromatic carbocycles. The first kappa shape index (κ1) is 12.6. The maximum Gasteiger partial charge on any atom is 0.263 e. The summed E-state index contributed by atoms with van der Waals surface area (Å²) < 4.78 is 0. The monoisotopic (exact) mass is 268 g/mol. The van der Waals surface area contributed by atoms with Gasteiger partial charge < -0.3 is 4.98 Å². The highest BCUT2D eigenvalue weighted by Gasteiger charge is 2.22. The van der Waals surface area contributed by atoms with E-state index in [9.17, 15) is 9.59 Å². The van der Waals surface area contributed by atoms with E-state index in [-0.39, 0.29) is 17.2 Å².